The first-order valence-electron chi connectivity index (χ1n) is 6.00. The Labute approximate surface area is 119 Å². The van der Waals surface area contributed by atoms with Crippen LogP contribution < -0.4 is 10.1 Å². The van der Waals surface area contributed by atoms with Gasteiger partial charge in [-0.1, -0.05) is 0 Å². The zero-order valence-electron chi connectivity index (χ0n) is 10.5. The molecule has 19 heavy (non-hydrogen) atoms. The van der Waals surface area contributed by atoms with Gasteiger partial charge in [0, 0.05) is 12.6 Å². The summed E-state index contributed by atoms with van der Waals surface area (Å²) in [5.74, 6) is 1.07. The molecule has 102 valence electrons. The number of hydrogen-bond acceptors (Lipinski definition) is 3. The molecule has 0 amide bonds. The highest BCUT2D eigenvalue weighted by Crippen LogP contribution is 2.21. The molecule has 0 aliphatic heterocycles. The quantitative estimate of drug-likeness (QED) is 0.877. The molecule has 1 heterocycles. The van der Waals surface area contributed by atoms with Crippen LogP contribution in [0.1, 0.15) is 12.7 Å². The predicted octanol–water partition coefficient (Wildman–Crippen LogP) is 3.74. The minimum atomic E-state index is -0.326. The van der Waals surface area contributed by atoms with Crippen LogP contribution in [0.4, 0.5) is 4.39 Å². The fraction of sp³-hybridized carbons (Fsp3) is 0.286. The van der Waals surface area contributed by atoms with Crippen LogP contribution in [-0.4, -0.2) is 12.6 Å². The highest BCUT2D eigenvalue weighted by atomic mass is 79.9. The maximum absolute atomic E-state index is 13.3. The number of benzene rings is 1. The molecule has 1 aromatic carbocycles. The molecule has 0 fully saturated rings. The van der Waals surface area contributed by atoms with Gasteiger partial charge in [-0.15, -0.1) is 0 Å². The summed E-state index contributed by atoms with van der Waals surface area (Å²) in [4.78, 5) is 0. The lowest BCUT2D eigenvalue weighted by molar-refractivity contribution is 0.214. The molecular weight excluding hydrogens is 313 g/mol. The summed E-state index contributed by atoms with van der Waals surface area (Å²) < 4.78 is 24.6. The molecule has 0 bridgehead atoms. The summed E-state index contributed by atoms with van der Waals surface area (Å²) in [7, 11) is 0. The highest BCUT2D eigenvalue weighted by Gasteiger charge is 2.06. The van der Waals surface area contributed by atoms with Gasteiger partial charge in [0.1, 0.15) is 23.4 Å². The van der Waals surface area contributed by atoms with Crippen LogP contribution in [0, 0.1) is 5.82 Å². The summed E-state index contributed by atoms with van der Waals surface area (Å²) in [5.41, 5.74) is 0. The highest BCUT2D eigenvalue weighted by molar-refractivity contribution is 9.10. The van der Waals surface area contributed by atoms with Crippen LogP contribution in [0.3, 0.4) is 0 Å². The largest absolute Gasteiger partial charge is 0.489 e. The monoisotopic (exact) mass is 327 g/mol. The van der Waals surface area contributed by atoms with Crippen LogP contribution in [0.15, 0.2) is 45.5 Å². The smallest absolute Gasteiger partial charge is 0.141 e. The number of nitrogens with one attached hydrogen (secondary N) is 1. The van der Waals surface area contributed by atoms with E-state index in [1.165, 1.54) is 6.07 Å². The van der Waals surface area contributed by atoms with Crippen LogP contribution in [0.2, 0.25) is 0 Å². The van der Waals surface area contributed by atoms with E-state index in [1.54, 1.807) is 18.4 Å². The normalized spacial score (nSPS) is 12.4. The van der Waals surface area contributed by atoms with Crippen LogP contribution in [0.25, 0.3) is 0 Å². The van der Waals surface area contributed by atoms with Gasteiger partial charge in [-0.3, -0.25) is 0 Å². The molecule has 1 atom stereocenters. The lowest BCUT2D eigenvalue weighted by Gasteiger charge is -2.15. The first-order valence-corrected chi connectivity index (χ1v) is 6.79. The van der Waals surface area contributed by atoms with Crippen molar-refractivity contribution in [3.63, 3.8) is 0 Å². The first-order chi connectivity index (χ1) is 9.15. The van der Waals surface area contributed by atoms with E-state index < -0.39 is 0 Å². The molecule has 0 aliphatic rings. The molecule has 5 heteroatoms. The van der Waals surface area contributed by atoms with Gasteiger partial charge in [0.15, 0.2) is 0 Å². The van der Waals surface area contributed by atoms with Gasteiger partial charge in [0.05, 0.1) is 17.3 Å². The van der Waals surface area contributed by atoms with Crippen molar-refractivity contribution in [1.29, 1.82) is 0 Å². The second-order valence-corrected chi connectivity index (χ2v) is 5.07. The van der Waals surface area contributed by atoms with Gasteiger partial charge in [-0.25, -0.2) is 4.39 Å². The number of halogens is 2. The molecule has 0 saturated heterocycles. The van der Waals surface area contributed by atoms with Crippen molar-refractivity contribution in [2.24, 2.45) is 0 Å². The van der Waals surface area contributed by atoms with Gasteiger partial charge in [0.2, 0.25) is 0 Å². The molecule has 0 saturated carbocycles. The Bertz CT molecular complexity index is 516. The SMILES string of the molecule is CC(CNCc1ccco1)Oc1ccc(Br)c(F)c1. The van der Waals surface area contributed by atoms with E-state index in [0.29, 0.717) is 23.3 Å². The van der Waals surface area contributed by atoms with Crippen molar-refractivity contribution in [2.75, 3.05) is 6.54 Å². The fourth-order valence-corrected chi connectivity index (χ4v) is 1.88. The van der Waals surface area contributed by atoms with Crippen molar-refractivity contribution >= 4 is 15.9 Å². The second-order valence-electron chi connectivity index (χ2n) is 4.21. The average molecular weight is 328 g/mol. The zero-order valence-corrected chi connectivity index (χ0v) is 12.1. The van der Waals surface area contributed by atoms with Crippen molar-refractivity contribution < 1.29 is 13.5 Å². The number of ether oxygens (including phenoxy) is 1. The Balaban J connectivity index is 1.77. The number of hydrogen-bond donors (Lipinski definition) is 1. The Morgan fingerprint density at radius 1 is 1.42 bits per heavy atom. The summed E-state index contributed by atoms with van der Waals surface area (Å²) in [6, 6.07) is 8.49. The molecule has 2 aromatic rings. The second kappa shape index (κ2) is 6.73. The average Bonchev–Trinajstić information content (AvgIpc) is 2.87. The number of rotatable bonds is 6. The Kier molecular flexibility index (Phi) is 4.99. The van der Waals surface area contributed by atoms with E-state index in [0.717, 1.165) is 5.76 Å². The lowest BCUT2D eigenvalue weighted by Crippen LogP contribution is -2.28. The number of furan rings is 1. The Hall–Kier alpha value is -1.33. The molecule has 0 aliphatic carbocycles. The van der Waals surface area contributed by atoms with Crippen molar-refractivity contribution in [1.82, 2.24) is 5.32 Å². The summed E-state index contributed by atoms with van der Waals surface area (Å²) in [6.45, 7) is 3.23. The molecular formula is C14H15BrFNO2. The van der Waals surface area contributed by atoms with E-state index in [2.05, 4.69) is 21.2 Å². The molecule has 3 nitrogen and oxygen atoms in total. The van der Waals surface area contributed by atoms with E-state index in [-0.39, 0.29) is 11.9 Å². The predicted molar refractivity (Wildman–Crippen MR) is 74.6 cm³/mol. The zero-order chi connectivity index (χ0) is 13.7. The molecule has 2 rings (SSSR count). The van der Waals surface area contributed by atoms with Crippen molar-refractivity contribution in [3.8, 4) is 5.75 Å². The third-order valence-corrected chi connectivity index (χ3v) is 3.18. The minimum absolute atomic E-state index is 0.0597. The van der Waals surface area contributed by atoms with Gasteiger partial charge in [0.25, 0.3) is 0 Å². The van der Waals surface area contributed by atoms with Crippen LogP contribution >= 0.6 is 15.9 Å². The van der Waals surface area contributed by atoms with Gasteiger partial charge < -0.3 is 14.5 Å². The fourth-order valence-electron chi connectivity index (χ4n) is 1.64. The topological polar surface area (TPSA) is 34.4 Å². The van der Waals surface area contributed by atoms with Crippen molar-refractivity contribution in [3.05, 3.63) is 52.6 Å². The van der Waals surface area contributed by atoms with Crippen LogP contribution in [-0.2, 0) is 6.54 Å². The third kappa shape index (κ3) is 4.36. The third-order valence-electron chi connectivity index (χ3n) is 2.54. The Morgan fingerprint density at radius 2 is 2.26 bits per heavy atom. The van der Waals surface area contributed by atoms with E-state index >= 15 is 0 Å². The molecule has 1 N–H and O–H groups in total. The molecule has 0 radical (unpaired) electrons. The minimum Gasteiger partial charge on any atom is -0.489 e. The first kappa shape index (κ1) is 14.1. The maximum atomic E-state index is 13.3. The van der Waals surface area contributed by atoms with Gasteiger partial charge in [-0.05, 0) is 47.1 Å². The Morgan fingerprint density at radius 3 is 2.95 bits per heavy atom. The summed E-state index contributed by atoms with van der Waals surface area (Å²) >= 11 is 3.11. The standard InChI is InChI=1S/C14H15BrFNO2/c1-10(8-17-9-12-3-2-6-18-12)19-11-4-5-13(15)14(16)7-11/h2-7,10,17H,8-9H2,1H3. The molecule has 0 spiro atoms. The molecule has 1 aromatic heterocycles. The van der Waals surface area contributed by atoms with E-state index in [9.17, 15) is 4.39 Å². The summed E-state index contributed by atoms with van der Waals surface area (Å²) in [6.07, 6.45) is 1.58. The van der Waals surface area contributed by atoms with Gasteiger partial charge >= 0.3 is 0 Å². The van der Waals surface area contributed by atoms with Crippen LogP contribution in [0.5, 0.6) is 5.75 Å². The van der Waals surface area contributed by atoms with Crippen molar-refractivity contribution in [2.45, 2.75) is 19.6 Å². The van der Waals surface area contributed by atoms with Gasteiger partial charge in [-0.2, -0.15) is 0 Å². The molecule has 1 unspecified atom stereocenters. The summed E-state index contributed by atoms with van der Waals surface area (Å²) in [5, 5.41) is 3.21. The van der Waals surface area contributed by atoms with E-state index in [1.807, 2.05) is 19.1 Å². The van der Waals surface area contributed by atoms with E-state index in [4.69, 9.17) is 9.15 Å². The lowest BCUT2D eigenvalue weighted by atomic mass is 10.3. The maximum Gasteiger partial charge on any atom is 0.141 e.